The van der Waals surface area contributed by atoms with Crippen LogP contribution in [0.15, 0.2) is 0 Å². The summed E-state index contributed by atoms with van der Waals surface area (Å²) in [4.78, 5) is 6.79. The van der Waals surface area contributed by atoms with Crippen molar-refractivity contribution in [1.82, 2.24) is 14.7 Å². The molecule has 0 N–H and O–H groups in total. The van der Waals surface area contributed by atoms with Gasteiger partial charge in [0.1, 0.15) is 0 Å². The average molecular weight is 492 g/mol. The summed E-state index contributed by atoms with van der Waals surface area (Å²) in [6, 6.07) is 0. The molecular weight excluding hydrogens is 442 g/mol. The normalized spacial score (nSPS) is 12.8. The average Bonchev–Trinajstić information content (AvgIpc) is 2.28. The molecule has 26 heavy (non-hydrogen) atoms. The van der Waals surface area contributed by atoms with Crippen molar-refractivity contribution in [2.75, 3.05) is 74.7 Å². The molecular formula is C18H50BN3PRbSi2. The third-order valence-corrected chi connectivity index (χ3v) is 18.7. The molecule has 154 valence electrons. The quantitative estimate of drug-likeness (QED) is 0.335. The maximum atomic E-state index is 2.61. The Morgan fingerprint density at radius 2 is 0.962 bits per heavy atom. The Bertz CT molecular complexity index is 391. The third-order valence-electron chi connectivity index (χ3n) is 3.73. The van der Waals surface area contributed by atoms with Gasteiger partial charge in [0.05, 0.1) is 16.1 Å². The number of rotatable bonds is 8. The van der Waals surface area contributed by atoms with Gasteiger partial charge in [-0.2, -0.15) is 0 Å². The Morgan fingerprint density at radius 3 is 1.08 bits per heavy atom. The van der Waals surface area contributed by atoms with E-state index in [2.05, 4.69) is 107 Å². The van der Waals surface area contributed by atoms with Crippen molar-refractivity contribution in [2.24, 2.45) is 0 Å². The summed E-state index contributed by atoms with van der Waals surface area (Å²) in [6.07, 6.45) is 0. The van der Waals surface area contributed by atoms with Crippen LogP contribution in [0, 0.1) is 0 Å². The Hall–Kier alpha value is 2.48. The Balaban J connectivity index is -0.000000393. The second-order valence-electron chi connectivity index (χ2n) is 9.65. The van der Waals surface area contributed by atoms with E-state index in [1.54, 1.807) is 0 Å². The van der Waals surface area contributed by atoms with Crippen LogP contribution in [0.1, 0.15) is 0 Å². The number of nitrogens with zero attached hydrogens (tertiary/aromatic N) is 3. The van der Waals surface area contributed by atoms with Crippen LogP contribution in [0.5, 0.6) is 0 Å². The second-order valence-corrected chi connectivity index (χ2v) is 23.2. The van der Waals surface area contributed by atoms with E-state index in [-0.39, 0.29) is 58.2 Å². The molecule has 0 unspecified atom stereocenters. The Kier molecular flexibility index (Phi) is 18.5. The zero-order valence-electron chi connectivity index (χ0n) is 20.1. The van der Waals surface area contributed by atoms with Gasteiger partial charge in [-0.15, -0.1) is 4.54 Å². The summed E-state index contributed by atoms with van der Waals surface area (Å²) in [5, 5.41) is 0. The molecule has 0 fully saturated rings. The smallest absolute Gasteiger partial charge is 0.308 e. The molecule has 0 amide bonds. The number of hydrogen-bond acceptors (Lipinski definition) is 3. The predicted molar refractivity (Wildman–Crippen MR) is 135 cm³/mol. The fourth-order valence-corrected chi connectivity index (χ4v) is 23.1. The van der Waals surface area contributed by atoms with Crippen LogP contribution in [0.2, 0.25) is 39.3 Å². The standard InChI is InChI=1S/C9H27BPSi2.C9H23N3.Rb/c1-11(2,10)9(12(3,4)5)13(6,7)8;1-10(2)6-8-12(5)9-7-11(3)4;/h1-8,10H3;6-9H2,1-5H3;/q-1;;+1. The molecule has 0 saturated heterocycles. The van der Waals surface area contributed by atoms with Crippen LogP contribution in [0.4, 0.5) is 0 Å². The van der Waals surface area contributed by atoms with Gasteiger partial charge in [0.15, 0.2) is 0 Å². The molecule has 0 aromatic carbocycles. The minimum Gasteiger partial charge on any atom is -0.308 e. The summed E-state index contributed by atoms with van der Waals surface area (Å²) in [6.45, 7) is 24.7. The second kappa shape index (κ2) is 14.5. The van der Waals surface area contributed by atoms with Gasteiger partial charge >= 0.3 is 58.2 Å². The molecule has 0 radical (unpaired) electrons. The van der Waals surface area contributed by atoms with Crippen LogP contribution >= 0.6 is 6.76 Å². The first-order valence-electron chi connectivity index (χ1n) is 9.12. The molecule has 0 aromatic rings. The first kappa shape index (κ1) is 33.1. The van der Waals surface area contributed by atoms with E-state index in [1.807, 2.05) is 0 Å². The molecule has 0 aliphatic carbocycles. The minimum atomic E-state index is -0.967. The van der Waals surface area contributed by atoms with E-state index in [1.165, 1.54) is 0 Å². The zero-order chi connectivity index (χ0) is 20.6. The van der Waals surface area contributed by atoms with Crippen molar-refractivity contribution in [2.45, 2.75) is 39.3 Å². The van der Waals surface area contributed by atoms with Gasteiger partial charge in [0.2, 0.25) is 0 Å². The molecule has 0 rings (SSSR count). The first-order valence-corrected chi connectivity index (χ1v) is 18.4. The fraction of sp³-hybridized carbons (Fsp3) is 0.944. The molecule has 8 heteroatoms. The maximum Gasteiger partial charge on any atom is 1.00 e. The van der Waals surface area contributed by atoms with Crippen molar-refractivity contribution in [3.05, 3.63) is 0 Å². The van der Waals surface area contributed by atoms with Crippen LogP contribution in [0.25, 0.3) is 0 Å². The zero-order valence-corrected chi connectivity index (χ0v) is 27.9. The van der Waals surface area contributed by atoms with E-state index < -0.39 is 22.9 Å². The van der Waals surface area contributed by atoms with E-state index in [0.29, 0.717) is 7.57 Å². The van der Waals surface area contributed by atoms with E-state index >= 15 is 0 Å². The van der Waals surface area contributed by atoms with Crippen molar-refractivity contribution < 1.29 is 58.2 Å². The fourth-order valence-electron chi connectivity index (χ4n) is 3.32. The van der Waals surface area contributed by atoms with Gasteiger partial charge in [-0.25, -0.2) is 0 Å². The maximum absolute atomic E-state index is 2.61. The van der Waals surface area contributed by atoms with Crippen LogP contribution < -0.4 is 58.2 Å². The van der Waals surface area contributed by atoms with Crippen molar-refractivity contribution >= 4 is 35.0 Å². The van der Waals surface area contributed by atoms with Gasteiger partial charge in [-0.05, 0) is 42.8 Å². The summed E-state index contributed by atoms with van der Waals surface area (Å²) < 4.78 is 2.15. The monoisotopic (exact) mass is 491 g/mol. The summed E-state index contributed by atoms with van der Waals surface area (Å²) in [5.74, 6) is 0. The van der Waals surface area contributed by atoms with E-state index in [4.69, 9.17) is 0 Å². The largest absolute Gasteiger partial charge is 1.00 e. The molecule has 3 nitrogen and oxygen atoms in total. The minimum absolute atomic E-state index is 0. The van der Waals surface area contributed by atoms with Gasteiger partial charge in [-0.1, -0.05) is 52.6 Å². The molecule has 0 spiro atoms. The van der Waals surface area contributed by atoms with Gasteiger partial charge < -0.3 is 14.7 Å². The van der Waals surface area contributed by atoms with Crippen LogP contribution in [-0.2, 0) is 0 Å². The molecule has 0 saturated carbocycles. The van der Waals surface area contributed by atoms with E-state index in [0.717, 1.165) is 26.2 Å². The summed E-state index contributed by atoms with van der Waals surface area (Å²) in [5.41, 5.74) is 0. The SMILES string of the molecule is CN(C)CCN(C)CCN(C)C.[BH3-]P(C)(C)=C([Si](C)(C)C)[Si](C)(C)C.[Rb+]. The van der Waals surface area contributed by atoms with E-state index in [9.17, 15) is 0 Å². The molecule has 0 aromatic heterocycles. The summed E-state index contributed by atoms with van der Waals surface area (Å²) in [7, 11) is 9.23. The van der Waals surface area contributed by atoms with Gasteiger partial charge in [-0.3, -0.25) is 6.76 Å². The third kappa shape index (κ3) is 18.5. The number of hydrogen-bond donors (Lipinski definition) is 0. The molecule has 0 bridgehead atoms. The Morgan fingerprint density at radius 1 is 0.692 bits per heavy atom. The molecule has 0 aliphatic heterocycles. The molecule has 0 atom stereocenters. The van der Waals surface area contributed by atoms with Crippen LogP contribution in [-0.4, -0.2) is 118 Å². The van der Waals surface area contributed by atoms with Crippen molar-refractivity contribution in [1.29, 1.82) is 0 Å². The number of likely N-dealkylation sites (N-methyl/N-ethyl adjacent to an activating group) is 3. The van der Waals surface area contributed by atoms with Crippen LogP contribution in [0.3, 0.4) is 0 Å². The van der Waals surface area contributed by atoms with Crippen molar-refractivity contribution in [3.8, 4) is 0 Å². The molecule has 0 heterocycles. The first-order chi connectivity index (χ1) is 10.9. The Labute approximate surface area is 219 Å². The predicted octanol–water partition coefficient (Wildman–Crippen LogP) is -0.483. The van der Waals surface area contributed by atoms with Crippen molar-refractivity contribution in [3.63, 3.8) is 0 Å². The topological polar surface area (TPSA) is 9.72 Å². The van der Waals surface area contributed by atoms with Gasteiger partial charge in [0.25, 0.3) is 0 Å². The summed E-state index contributed by atoms with van der Waals surface area (Å²) >= 11 is 0. The van der Waals surface area contributed by atoms with Gasteiger partial charge in [0, 0.05) is 26.2 Å². The molecule has 0 aliphatic rings.